The molecule has 3 atom stereocenters. The molecule has 4 heteroatoms. The molecule has 0 amide bonds. The molecule has 0 radical (unpaired) electrons. The summed E-state index contributed by atoms with van der Waals surface area (Å²) in [5, 5.41) is 9.47. The van der Waals surface area contributed by atoms with E-state index in [1.54, 1.807) is 0 Å². The Balaban J connectivity index is 1.55. The van der Waals surface area contributed by atoms with Gasteiger partial charge in [0.2, 0.25) is 0 Å². The summed E-state index contributed by atoms with van der Waals surface area (Å²) in [5.74, 6) is 1.47. The first-order valence-corrected chi connectivity index (χ1v) is 10.7. The van der Waals surface area contributed by atoms with E-state index in [0.29, 0.717) is 25.2 Å². The Hall–Kier alpha value is -1.41. The molecule has 0 aromatic heterocycles. The minimum Gasteiger partial charge on any atom is -0.379 e. The molecule has 144 valence electrons. The van der Waals surface area contributed by atoms with Crippen LogP contribution in [-0.2, 0) is 21.3 Å². The average Bonchev–Trinajstić information content (AvgIpc) is 2.76. The van der Waals surface area contributed by atoms with Gasteiger partial charge in [0.1, 0.15) is 0 Å². The third-order valence-corrected chi connectivity index (χ3v) is 7.72. The van der Waals surface area contributed by atoms with Crippen LogP contribution in [0.15, 0.2) is 18.2 Å². The second kappa shape index (κ2) is 7.20. The molecular weight excluding hydrogens is 336 g/mol. The molecule has 2 aliphatic carbocycles. The highest BCUT2D eigenvalue weighted by Crippen LogP contribution is 2.51. The molecule has 4 aliphatic rings. The molecule has 4 nitrogen and oxygen atoms in total. The largest absolute Gasteiger partial charge is 0.379 e. The van der Waals surface area contributed by atoms with Crippen molar-refractivity contribution in [1.29, 1.82) is 5.26 Å². The van der Waals surface area contributed by atoms with E-state index < -0.39 is 0 Å². The number of rotatable bonds is 2. The number of benzene rings is 1. The van der Waals surface area contributed by atoms with Crippen molar-refractivity contribution in [2.45, 2.75) is 50.0 Å². The van der Waals surface area contributed by atoms with Crippen LogP contribution in [0.25, 0.3) is 0 Å². The van der Waals surface area contributed by atoms with Crippen molar-refractivity contribution in [3.8, 4) is 6.07 Å². The zero-order chi connectivity index (χ0) is 18.3. The summed E-state index contributed by atoms with van der Waals surface area (Å²) in [6.45, 7) is 5.42. The lowest BCUT2D eigenvalue weighted by atomic mass is 9.56. The molecule has 3 fully saturated rings. The Morgan fingerprint density at radius 3 is 2.85 bits per heavy atom. The lowest BCUT2D eigenvalue weighted by Crippen LogP contribution is -2.62. The Kier molecular flexibility index (Phi) is 4.71. The summed E-state index contributed by atoms with van der Waals surface area (Å²) < 4.78 is 12.0. The van der Waals surface area contributed by atoms with Crippen LogP contribution >= 0.6 is 0 Å². The van der Waals surface area contributed by atoms with Gasteiger partial charge in [0, 0.05) is 24.6 Å². The molecule has 0 N–H and O–H groups in total. The Morgan fingerprint density at radius 1 is 1.15 bits per heavy atom. The van der Waals surface area contributed by atoms with E-state index in [0.717, 1.165) is 50.5 Å². The first-order chi connectivity index (χ1) is 13.3. The Labute approximate surface area is 162 Å². The second-order valence-corrected chi connectivity index (χ2v) is 9.01. The van der Waals surface area contributed by atoms with E-state index >= 15 is 0 Å². The second-order valence-electron chi connectivity index (χ2n) is 9.01. The SMILES string of the molecule is N#Cc1ccc2c(c1)C13CCN(CC4CCC4)[C@H](C2)[C@@H]1CCOCCOC3. The fraction of sp³-hybridized carbons (Fsp3) is 0.696. The van der Waals surface area contributed by atoms with Crippen LogP contribution < -0.4 is 0 Å². The van der Waals surface area contributed by atoms with Crippen molar-refractivity contribution in [3.05, 3.63) is 34.9 Å². The maximum atomic E-state index is 9.47. The zero-order valence-electron chi connectivity index (χ0n) is 16.2. The van der Waals surface area contributed by atoms with Gasteiger partial charge in [0.25, 0.3) is 0 Å². The monoisotopic (exact) mass is 366 g/mol. The highest BCUT2D eigenvalue weighted by molar-refractivity contribution is 5.46. The van der Waals surface area contributed by atoms with Crippen molar-refractivity contribution < 1.29 is 9.47 Å². The zero-order valence-corrected chi connectivity index (χ0v) is 16.2. The van der Waals surface area contributed by atoms with Crippen molar-refractivity contribution in [2.24, 2.45) is 11.8 Å². The highest BCUT2D eigenvalue weighted by atomic mass is 16.5. The van der Waals surface area contributed by atoms with E-state index in [2.05, 4.69) is 23.1 Å². The third-order valence-electron chi connectivity index (χ3n) is 7.72. The number of piperidine rings is 1. The van der Waals surface area contributed by atoms with Crippen LogP contribution in [0.4, 0.5) is 0 Å². The van der Waals surface area contributed by atoms with Gasteiger partial charge in [0.05, 0.1) is 31.5 Å². The first-order valence-electron chi connectivity index (χ1n) is 10.7. The number of hydrogen-bond acceptors (Lipinski definition) is 4. The first kappa shape index (κ1) is 17.7. The maximum Gasteiger partial charge on any atom is 0.0991 e. The molecular formula is C23H30N2O2. The third kappa shape index (κ3) is 3.01. The predicted octanol–water partition coefficient (Wildman–Crippen LogP) is 3.28. The number of likely N-dealkylation sites (tertiary alicyclic amines) is 1. The lowest BCUT2D eigenvalue weighted by molar-refractivity contribution is -0.0416. The standard InChI is InChI=1S/C23H30N2O2/c24-14-18-4-5-19-13-22-20-6-9-26-10-11-27-16-23(20,21(19)12-18)7-8-25(22)15-17-2-1-3-17/h4-5,12,17,20,22H,1-3,6-11,13,15-16H2/t20-,22+,23?/m0/s1. The number of ether oxygens (including phenoxy) is 2. The van der Waals surface area contributed by atoms with Gasteiger partial charge < -0.3 is 9.47 Å². The molecule has 2 saturated heterocycles. The van der Waals surface area contributed by atoms with E-state index in [-0.39, 0.29) is 5.41 Å². The Bertz CT molecular complexity index is 738. The summed E-state index contributed by atoms with van der Waals surface area (Å²) >= 11 is 0. The van der Waals surface area contributed by atoms with Crippen LogP contribution in [0.3, 0.4) is 0 Å². The quantitative estimate of drug-likeness (QED) is 0.806. The van der Waals surface area contributed by atoms with Gasteiger partial charge in [0.15, 0.2) is 0 Å². The summed E-state index contributed by atoms with van der Waals surface area (Å²) in [6, 6.07) is 9.33. The molecule has 1 unspecified atom stereocenters. The fourth-order valence-corrected chi connectivity index (χ4v) is 6.08. The summed E-state index contributed by atoms with van der Waals surface area (Å²) in [6.07, 6.45) is 7.59. The molecule has 1 aromatic carbocycles. The number of fused-ring (bicyclic) bond motifs is 1. The van der Waals surface area contributed by atoms with Crippen LogP contribution in [0.5, 0.6) is 0 Å². The van der Waals surface area contributed by atoms with Gasteiger partial charge in [-0.05, 0) is 73.7 Å². The molecule has 5 rings (SSSR count). The van der Waals surface area contributed by atoms with Gasteiger partial charge in [-0.2, -0.15) is 5.26 Å². The number of hydrogen-bond donors (Lipinski definition) is 0. The summed E-state index contributed by atoms with van der Waals surface area (Å²) in [5.41, 5.74) is 3.67. The van der Waals surface area contributed by atoms with Crippen LogP contribution in [0, 0.1) is 23.2 Å². The molecule has 1 saturated carbocycles. The molecule has 1 aromatic rings. The van der Waals surface area contributed by atoms with E-state index in [1.165, 1.54) is 36.9 Å². The van der Waals surface area contributed by atoms with Gasteiger partial charge in [-0.15, -0.1) is 0 Å². The predicted molar refractivity (Wildman–Crippen MR) is 104 cm³/mol. The van der Waals surface area contributed by atoms with Crippen molar-refractivity contribution in [1.82, 2.24) is 4.90 Å². The maximum absolute atomic E-state index is 9.47. The van der Waals surface area contributed by atoms with E-state index in [4.69, 9.17) is 9.47 Å². The highest BCUT2D eigenvalue weighted by Gasteiger charge is 2.53. The molecule has 2 heterocycles. The van der Waals surface area contributed by atoms with Gasteiger partial charge in [-0.3, -0.25) is 4.90 Å². The Morgan fingerprint density at radius 2 is 2.04 bits per heavy atom. The summed E-state index contributed by atoms with van der Waals surface area (Å²) in [7, 11) is 0. The lowest BCUT2D eigenvalue weighted by Gasteiger charge is -2.57. The molecule has 2 aliphatic heterocycles. The van der Waals surface area contributed by atoms with Crippen LogP contribution in [-0.4, -0.2) is 50.5 Å². The number of nitriles is 1. The fourth-order valence-electron chi connectivity index (χ4n) is 6.08. The van der Waals surface area contributed by atoms with Gasteiger partial charge in [-0.1, -0.05) is 12.5 Å². The van der Waals surface area contributed by atoms with Gasteiger partial charge in [-0.25, -0.2) is 0 Å². The van der Waals surface area contributed by atoms with Crippen LogP contribution in [0.1, 0.15) is 48.8 Å². The normalized spacial score (nSPS) is 34.2. The summed E-state index contributed by atoms with van der Waals surface area (Å²) in [4.78, 5) is 2.80. The topological polar surface area (TPSA) is 45.5 Å². The smallest absolute Gasteiger partial charge is 0.0991 e. The van der Waals surface area contributed by atoms with Crippen molar-refractivity contribution in [2.75, 3.05) is 39.5 Å². The van der Waals surface area contributed by atoms with Crippen LogP contribution in [0.2, 0.25) is 0 Å². The number of nitrogens with zero attached hydrogens (tertiary/aromatic N) is 2. The van der Waals surface area contributed by atoms with Crippen molar-refractivity contribution >= 4 is 0 Å². The average molecular weight is 367 g/mol. The minimum atomic E-state index is 0.0505. The van der Waals surface area contributed by atoms with E-state index in [9.17, 15) is 5.26 Å². The van der Waals surface area contributed by atoms with Crippen molar-refractivity contribution in [3.63, 3.8) is 0 Å². The molecule has 27 heavy (non-hydrogen) atoms. The minimum absolute atomic E-state index is 0.0505. The van der Waals surface area contributed by atoms with E-state index in [1.807, 2.05) is 6.07 Å². The molecule has 0 spiro atoms. The van der Waals surface area contributed by atoms with Gasteiger partial charge >= 0.3 is 0 Å². The molecule has 2 bridgehead atoms.